The molecular weight excluding hydrogens is 236 g/mol. The fourth-order valence-corrected chi connectivity index (χ4v) is 2.36. The molecule has 0 spiro atoms. The number of carbonyl (C=O) groups excluding carboxylic acids is 2. The molecule has 104 valence electrons. The lowest BCUT2D eigenvalue weighted by molar-refractivity contribution is -0.127. The Hall–Kier alpha value is -1.34. The van der Waals surface area contributed by atoms with E-state index < -0.39 is 6.09 Å². The number of alkyl carbamates (subject to hydrolysis) is 1. The third-order valence-corrected chi connectivity index (χ3v) is 3.16. The van der Waals surface area contributed by atoms with Crippen LogP contribution in [0.5, 0.6) is 0 Å². The molecule has 1 heterocycles. The quantitative estimate of drug-likeness (QED) is 0.356. The summed E-state index contributed by atoms with van der Waals surface area (Å²) in [6, 6.07) is -0.247. The molecule has 0 aromatic carbocycles. The zero-order valence-electron chi connectivity index (χ0n) is 11.1. The van der Waals surface area contributed by atoms with E-state index in [-0.39, 0.29) is 23.9 Å². The van der Waals surface area contributed by atoms with Crippen molar-refractivity contribution in [1.82, 2.24) is 15.6 Å². The van der Waals surface area contributed by atoms with E-state index in [1.165, 1.54) is 7.11 Å². The maximum atomic E-state index is 11.7. The van der Waals surface area contributed by atoms with E-state index in [4.69, 9.17) is 5.84 Å². The number of amides is 2. The SMILES string of the molecule is COC(=O)NC1CCN(C(C(=O)NN)C(C)C)C1. The minimum atomic E-state index is -0.439. The van der Waals surface area contributed by atoms with E-state index in [1.54, 1.807) is 0 Å². The van der Waals surface area contributed by atoms with Crippen molar-refractivity contribution in [3.05, 3.63) is 0 Å². The molecule has 18 heavy (non-hydrogen) atoms. The van der Waals surface area contributed by atoms with Crippen molar-refractivity contribution >= 4 is 12.0 Å². The van der Waals surface area contributed by atoms with Crippen molar-refractivity contribution in [2.24, 2.45) is 11.8 Å². The monoisotopic (exact) mass is 258 g/mol. The number of carbonyl (C=O) groups is 2. The molecule has 2 amide bonds. The van der Waals surface area contributed by atoms with Gasteiger partial charge in [0.15, 0.2) is 0 Å². The zero-order chi connectivity index (χ0) is 13.7. The van der Waals surface area contributed by atoms with Crippen LogP contribution in [-0.2, 0) is 9.53 Å². The van der Waals surface area contributed by atoms with Gasteiger partial charge in [-0.05, 0) is 12.3 Å². The predicted octanol–water partition coefficient (Wildman–Crippen LogP) is -0.569. The number of nitrogens with zero attached hydrogens (tertiary/aromatic N) is 1. The van der Waals surface area contributed by atoms with Crippen LogP contribution in [0.15, 0.2) is 0 Å². The van der Waals surface area contributed by atoms with Gasteiger partial charge in [-0.1, -0.05) is 13.8 Å². The molecule has 0 saturated carbocycles. The molecular formula is C11H22N4O3. The topological polar surface area (TPSA) is 96.7 Å². The highest BCUT2D eigenvalue weighted by Crippen LogP contribution is 2.18. The second-order valence-corrected chi connectivity index (χ2v) is 4.81. The minimum Gasteiger partial charge on any atom is -0.453 e. The van der Waals surface area contributed by atoms with Gasteiger partial charge in [0.25, 0.3) is 5.91 Å². The lowest BCUT2D eigenvalue weighted by Gasteiger charge is -2.29. The van der Waals surface area contributed by atoms with E-state index in [2.05, 4.69) is 15.5 Å². The molecule has 2 unspecified atom stereocenters. The Labute approximate surface area is 107 Å². The summed E-state index contributed by atoms with van der Waals surface area (Å²) in [5.41, 5.74) is 2.20. The smallest absolute Gasteiger partial charge is 0.407 e. The van der Waals surface area contributed by atoms with E-state index in [1.807, 2.05) is 18.7 Å². The average molecular weight is 258 g/mol. The van der Waals surface area contributed by atoms with Crippen molar-refractivity contribution in [2.45, 2.75) is 32.4 Å². The molecule has 7 nitrogen and oxygen atoms in total. The molecule has 1 rings (SSSR count). The van der Waals surface area contributed by atoms with Gasteiger partial charge in [0.1, 0.15) is 0 Å². The fraction of sp³-hybridized carbons (Fsp3) is 0.818. The van der Waals surface area contributed by atoms with Gasteiger partial charge in [0.05, 0.1) is 13.2 Å². The summed E-state index contributed by atoms with van der Waals surface area (Å²) in [5.74, 6) is 5.17. The standard InChI is InChI=1S/C11H22N4O3/c1-7(2)9(10(16)14-12)15-5-4-8(6-15)13-11(17)18-3/h7-9H,4-6,12H2,1-3H3,(H,13,17)(H,14,16). The van der Waals surface area contributed by atoms with Gasteiger partial charge in [-0.3, -0.25) is 15.1 Å². The summed E-state index contributed by atoms with van der Waals surface area (Å²) >= 11 is 0. The molecule has 0 aliphatic carbocycles. The second-order valence-electron chi connectivity index (χ2n) is 4.81. The third kappa shape index (κ3) is 3.58. The van der Waals surface area contributed by atoms with E-state index in [0.29, 0.717) is 6.54 Å². The molecule has 2 atom stereocenters. The lowest BCUT2D eigenvalue weighted by Crippen LogP contribution is -2.51. The second kappa shape index (κ2) is 6.55. The van der Waals surface area contributed by atoms with Crippen molar-refractivity contribution < 1.29 is 14.3 Å². The van der Waals surface area contributed by atoms with Crippen molar-refractivity contribution in [2.75, 3.05) is 20.2 Å². The Morgan fingerprint density at radius 3 is 2.61 bits per heavy atom. The summed E-state index contributed by atoms with van der Waals surface area (Å²) in [4.78, 5) is 24.9. The van der Waals surface area contributed by atoms with Gasteiger partial charge >= 0.3 is 6.09 Å². The summed E-state index contributed by atoms with van der Waals surface area (Å²) in [5, 5.41) is 2.74. The minimum absolute atomic E-state index is 0.0178. The van der Waals surface area contributed by atoms with Crippen molar-refractivity contribution in [3.63, 3.8) is 0 Å². The number of likely N-dealkylation sites (tertiary alicyclic amines) is 1. The van der Waals surface area contributed by atoms with E-state index >= 15 is 0 Å². The summed E-state index contributed by atoms with van der Waals surface area (Å²) in [7, 11) is 1.33. The maximum Gasteiger partial charge on any atom is 0.407 e. The molecule has 0 aromatic rings. The zero-order valence-corrected chi connectivity index (χ0v) is 11.1. The number of rotatable bonds is 4. The first-order valence-electron chi connectivity index (χ1n) is 6.08. The van der Waals surface area contributed by atoms with Crippen LogP contribution in [0.2, 0.25) is 0 Å². The molecule has 1 fully saturated rings. The number of hydrogen-bond acceptors (Lipinski definition) is 5. The number of hydrazine groups is 1. The van der Waals surface area contributed by atoms with Gasteiger partial charge in [0, 0.05) is 19.1 Å². The van der Waals surface area contributed by atoms with Gasteiger partial charge < -0.3 is 10.1 Å². The molecule has 1 aliphatic heterocycles. The number of nitrogens with one attached hydrogen (secondary N) is 2. The highest BCUT2D eigenvalue weighted by Gasteiger charge is 2.34. The molecule has 0 aromatic heterocycles. The Kier molecular flexibility index (Phi) is 5.36. The highest BCUT2D eigenvalue weighted by atomic mass is 16.5. The van der Waals surface area contributed by atoms with Crippen LogP contribution in [0.1, 0.15) is 20.3 Å². The Morgan fingerprint density at radius 1 is 1.44 bits per heavy atom. The van der Waals surface area contributed by atoms with Gasteiger partial charge in [-0.2, -0.15) is 0 Å². The molecule has 0 bridgehead atoms. The van der Waals surface area contributed by atoms with Crippen LogP contribution in [-0.4, -0.2) is 49.2 Å². The summed E-state index contributed by atoms with van der Waals surface area (Å²) in [6.45, 7) is 5.33. The average Bonchev–Trinajstić information content (AvgIpc) is 2.76. The molecule has 7 heteroatoms. The first-order valence-corrected chi connectivity index (χ1v) is 6.08. The maximum absolute atomic E-state index is 11.7. The van der Waals surface area contributed by atoms with Crippen LogP contribution >= 0.6 is 0 Å². The molecule has 4 N–H and O–H groups in total. The first-order chi connectivity index (χ1) is 8.49. The van der Waals surface area contributed by atoms with Gasteiger partial charge in [-0.25, -0.2) is 10.6 Å². The molecule has 1 aliphatic rings. The fourth-order valence-electron chi connectivity index (χ4n) is 2.36. The van der Waals surface area contributed by atoms with Gasteiger partial charge in [0.2, 0.25) is 0 Å². The van der Waals surface area contributed by atoms with Crippen LogP contribution in [0.4, 0.5) is 4.79 Å². The Morgan fingerprint density at radius 2 is 2.11 bits per heavy atom. The number of methoxy groups -OCH3 is 1. The van der Waals surface area contributed by atoms with Crippen LogP contribution in [0, 0.1) is 5.92 Å². The normalized spacial score (nSPS) is 21.7. The summed E-state index contributed by atoms with van der Waals surface area (Å²) in [6.07, 6.45) is 0.363. The predicted molar refractivity (Wildman–Crippen MR) is 66.5 cm³/mol. The third-order valence-electron chi connectivity index (χ3n) is 3.16. The lowest BCUT2D eigenvalue weighted by atomic mass is 10.0. The largest absolute Gasteiger partial charge is 0.453 e. The van der Waals surface area contributed by atoms with Crippen molar-refractivity contribution in [3.8, 4) is 0 Å². The van der Waals surface area contributed by atoms with Crippen LogP contribution in [0.3, 0.4) is 0 Å². The van der Waals surface area contributed by atoms with Gasteiger partial charge in [-0.15, -0.1) is 0 Å². The molecule has 0 radical (unpaired) electrons. The highest BCUT2D eigenvalue weighted by molar-refractivity contribution is 5.81. The van der Waals surface area contributed by atoms with E-state index in [0.717, 1.165) is 13.0 Å². The van der Waals surface area contributed by atoms with Crippen molar-refractivity contribution in [1.29, 1.82) is 0 Å². The van der Waals surface area contributed by atoms with Crippen LogP contribution < -0.4 is 16.6 Å². The first kappa shape index (κ1) is 14.7. The van der Waals surface area contributed by atoms with E-state index in [9.17, 15) is 9.59 Å². The Balaban J connectivity index is 2.57. The van der Waals surface area contributed by atoms with Crippen LogP contribution in [0.25, 0.3) is 0 Å². The molecule has 1 saturated heterocycles. The Bertz CT molecular complexity index is 309. The summed E-state index contributed by atoms with van der Waals surface area (Å²) < 4.78 is 4.56. The number of hydrogen-bond donors (Lipinski definition) is 3. The number of nitrogens with two attached hydrogens (primary N) is 1. The number of ether oxygens (including phenoxy) is 1.